The van der Waals surface area contributed by atoms with E-state index in [0.717, 1.165) is 22.7 Å². The van der Waals surface area contributed by atoms with E-state index in [1.807, 2.05) is 0 Å². The Kier molecular flexibility index (Phi) is 8.53. The third-order valence-electron chi connectivity index (χ3n) is 12.6. The molecule has 0 fully saturated rings. The lowest BCUT2D eigenvalue weighted by molar-refractivity contribution is 1.18. The van der Waals surface area contributed by atoms with Gasteiger partial charge in [-0.2, -0.15) is 0 Å². The van der Waals surface area contributed by atoms with Crippen molar-refractivity contribution in [1.82, 2.24) is 4.57 Å². The molecule has 0 unspecified atom stereocenters. The maximum absolute atomic E-state index is 2.44. The number of hydrogen-bond donors (Lipinski definition) is 0. The molecule has 1 heterocycles. The van der Waals surface area contributed by atoms with Crippen LogP contribution < -0.4 is 4.90 Å². The van der Waals surface area contributed by atoms with Crippen LogP contribution >= 0.6 is 0 Å². The largest absolute Gasteiger partial charge is 0.310 e. The van der Waals surface area contributed by atoms with E-state index in [4.69, 9.17) is 0 Å². The van der Waals surface area contributed by atoms with Crippen molar-refractivity contribution in [2.45, 2.75) is 0 Å². The monoisotopic (exact) mass is 788 g/mol. The van der Waals surface area contributed by atoms with Crippen LogP contribution in [0.25, 0.3) is 93.2 Å². The van der Waals surface area contributed by atoms with Crippen LogP contribution in [-0.2, 0) is 0 Å². The van der Waals surface area contributed by atoms with Gasteiger partial charge in [-0.1, -0.05) is 176 Å². The molecule has 0 atom stereocenters. The molecule has 0 aliphatic heterocycles. The highest BCUT2D eigenvalue weighted by Gasteiger charge is 2.21. The average molecular weight is 789 g/mol. The van der Waals surface area contributed by atoms with Gasteiger partial charge in [-0.05, 0) is 127 Å². The predicted molar refractivity (Wildman–Crippen MR) is 264 cm³/mol. The molecule has 11 aromatic carbocycles. The van der Waals surface area contributed by atoms with E-state index < -0.39 is 0 Å². The number of aromatic nitrogens is 1. The van der Waals surface area contributed by atoms with Gasteiger partial charge in [0, 0.05) is 33.4 Å². The van der Waals surface area contributed by atoms with Gasteiger partial charge in [0.05, 0.1) is 16.7 Å². The minimum absolute atomic E-state index is 1.08. The second kappa shape index (κ2) is 14.8. The van der Waals surface area contributed by atoms with Crippen LogP contribution in [-0.4, -0.2) is 4.57 Å². The summed E-state index contributed by atoms with van der Waals surface area (Å²) < 4.78 is 2.44. The standard InChI is InChI=1S/C60H40N2/c1-2-19-46(20-3-1)61(47-34-32-42(33-35-47)56-39-44-18-6-7-21-49(44)50-22-8-9-23-51(50)56)48-36-37-52(57(40-48)45-31-30-41-16-4-5-17-43(41)38-45)53-24-10-13-27-58(53)62-59-28-14-11-25-54(59)55-26-12-15-29-60(55)62/h1-40H. The number of hydrogen-bond acceptors (Lipinski definition) is 1. The summed E-state index contributed by atoms with van der Waals surface area (Å²) in [5.74, 6) is 0. The molecular weight excluding hydrogens is 749 g/mol. The van der Waals surface area contributed by atoms with Gasteiger partial charge in [0.15, 0.2) is 0 Å². The van der Waals surface area contributed by atoms with Gasteiger partial charge in [0.1, 0.15) is 0 Å². The maximum Gasteiger partial charge on any atom is 0.0541 e. The van der Waals surface area contributed by atoms with Gasteiger partial charge in [0.2, 0.25) is 0 Å². The second-order valence-electron chi connectivity index (χ2n) is 16.1. The zero-order valence-electron chi connectivity index (χ0n) is 34.0. The van der Waals surface area contributed by atoms with Crippen LogP contribution in [0.5, 0.6) is 0 Å². The molecule has 0 bridgehead atoms. The van der Waals surface area contributed by atoms with Crippen LogP contribution in [0.15, 0.2) is 243 Å². The van der Waals surface area contributed by atoms with E-state index in [2.05, 4.69) is 252 Å². The summed E-state index contributed by atoms with van der Waals surface area (Å²) in [6, 6.07) is 88.6. The Hall–Kier alpha value is -8.20. The number of benzene rings is 11. The van der Waals surface area contributed by atoms with Crippen molar-refractivity contribution >= 4 is 71.2 Å². The summed E-state index contributed by atoms with van der Waals surface area (Å²) in [7, 11) is 0. The quantitative estimate of drug-likeness (QED) is 0.146. The third-order valence-corrected chi connectivity index (χ3v) is 12.6. The molecule has 0 amide bonds. The average Bonchev–Trinajstić information content (AvgIpc) is 3.68. The van der Waals surface area contributed by atoms with E-state index in [9.17, 15) is 0 Å². The van der Waals surface area contributed by atoms with E-state index in [0.29, 0.717) is 0 Å². The van der Waals surface area contributed by atoms with Crippen molar-refractivity contribution in [3.63, 3.8) is 0 Å². The van der Waals surface area contributed by atoms with E-state index >= 15 is 0 Å². The molecule has 1 aromatic heterocycles. The zero-order chi connectivity index (χ0) is 41.0. The van der Waals surface area contributed by atoms with Gasteiger partial charge < -0.3 is 9.47 Å². The minimum Gasteiger partial charge on any atom is -0.310 e. The fourth-order valence-electron chi connectivity index (χ4n) is 9.69. The number of rotatable bonds is 7. The lowest BCUT2D eigenvalue weighted by Crippen LogP contribution is -2.10. The molecule has 0 aliphatic rings. The van der Waals surface area contributed by atoms with Crippen LogP contribution in [0.2, 0.25) is 0 Å². The van der Waals surface area contributed by atoms with Crippen LogP contribution in [0, 0.1) is 0 Å². The topological polar surface area (TPSA) is 8.17 Å². The molecule has 12 rings (SSSR count). The van der Waals surface area contributed by atoms with E-state index in [1.54, 1.807) is 0 Å². The summed E-state index contributed by atoms with van der Waals surface area (Å²) >= 11 is 0. The van der Waals surface area contributed by atoms with Crippen molar-refractivity contribution < 1.29 is 0 Å². The summed E-state index contributed by atoms with van der Waals surface area (Å²) in [5, 5.41) is 10.0. The van der Waals surface area contributed by atoms with Gasteiger partial charge in [0.25, 0.3) is 0 Å². The number of anilines is 3. The zero-order valence-corrected chi connectivity index (χ0v) is 34.0. The Morgan fingerprint density at radius 3 is 1.56 bits per heavy atom. The lowest BCUT2D eigenvalue weighted by atomic mass is 9.91. The molecule has 62 heavy (non-hydrogen) atoms. The van der Waals surface area contributed by atoms with Crippen molar-refractivity contribution in [2.75, 3.05) is 4.90 Å². The van der Waals surface area contributed by atoms with Crippen LogP contribution in [0.4, 0.5) is 17.1 Å². The Labute approximate surface area is 360 Å². The predicted octanol–water partition coefficient (Wildman–Crippen LogP) is 16.7. The molecule has 2 heteroatoms. The lowest BCUT2D eigenvalue weighted by Gasteiger charge is -2.27. The summed E-state index contributed by atoms with van der Waals surface area (Å²) in [5.41, 5.74) is 13.9. The van der Waals surface area contributed by atoms with Crippen molar-refractivity contribution in [1.29, 1.82) is 0 Å². The third kappa shape index (κ3) is 5.96. The molecule has 2 nitrogen and oxygen atoms in total. The highest BCUT2D eigenvalue weighted by atomic mass is 15.1. The van der Waals surface area contributed by atoms with Crippen LogP contribution in [0.3, 0.4) is 0 Å². The first-order chi connectivity index (χ1) is 30.8. The minimum atomic E-state index is 1.08. The van der Waals surface area contributed by atoms with Gasteiger partial charge >= 0.3 is 0 Å². The molecule has 12 aromatic rings. The van der Waals surface area contributed by atoms with Crippen molar-refractivity contribution in [3.05, 3.63) is 243 Å². The molecule has 0 N–H and O–H groups in total. The normalized spacial score (nSPS) is 11.5. The molecule has 0 saturated carbocycles. The Morgan fingerprint density at radius 1 is 0.258 bits per heavy atom. The molecule has 0 spiro atoms. The fraction of sp³-hybridized carbons (Fsp3) is 0. The van der Waals surface area contributed by atoms with Gasteiger partial charge in [-0.3, -0.25) is 0 Å². The Bertz CT molecular complexity index is 3580. The summed E-state index contributed by atoms with van der Waals surface area (Å²) in [6.07, 6.45) is 0. The molecule has 0 saturated heterocycles. The van der Waals surface area contributed by atoms with E-state index in [1.165, 1.54) is 87.5 Å². The Morgan fingerprint density at radius 2 is 0.806 bits per heavy atom. The molecule has 0 radical (unpaired) electrons. The Balaban J connectivity index is 1.05. The van der Waals surface area contributed by atoms with Crippen LogP contribution in [0.1, 0.15) is 0 Å². The van der Waals surface area contributed by atoms with Gasteiger partial charge in [-0.25, -0.2) is 0 Å². The molecular formula is C60H40N2. The SMILES string of the molecule is c1ccc(N(c2ccc(-c3cc4ccccc4c4ccccc34)cc2)c2ccc(-c3ccccc3-n3c4ccccc4c4ccccc43)c(-c3ccc4ccccc4c3)c2)cc1. The number of fused-ring (bicyclic) bond motifs is 7. The first-order valence-electron chi connectivity index (χ1n) is 21.3. The maximum atomic E-state index is 2.44. The molecule has 290 valence electrons. The fourth-order valence-corrected chi connectivity index (χ4v) is 9.69. The highest BCUT2D eigenvalue weighted by Crippen LogP contribution is 2.45. The first-order valence-corrected chi connectivity index (χ1v) is 21.3. The second-order valence-corrected chi connectivity index (χ2v) is 16.1. The number of nitrogens with zero attached hydrogens (tertiary/aromatic N) is 2. The summed E-state index contributed by atoms with van der Waals surface area (Å²) in [4.78, 5) is 2.38. The van der Waals surface area contributed by atoms with E-state index in [-0.39, 0.29) is 0 Å². The van der Waals surface area contributed by atoms with Gasteiger partial charge in [-0.15, -0.1) is 0 Å². The van der Waals surface area contributed by atoms with Crippen molar-refractivity contribution in [2.24, 2.45) is 0 Å². The smallest absolute Gasteiger partial charge is 0.0541 e. The summed E-state index contributed by atoms with van der Waals surface area (Å²) in [6.45, 7) is 0. The highest BCUT2D eigenvalue weighted by molar-refractivity contribution is 6.14. The first kappa shape index (κ1) is 35.7. The number of para-hydroxylation sites is 4. The molecule has 0 aliphatic carbocycles. The van der Waals surface area contributed by atoms with Crippen molar-refractivity contribution in [3.8, 4) is 39.1 Å².